The Bertz CT molecular complexity index is 349. The molecule has 0 unspecified atom stereocenters. The predicted molar refractivity (Wildman–Crippen MR) is 68.7 cm³/mol. The third-order valence-corrected chi connectivity index (χ3v) is 3.41. The normalized spacial score (nSPS) is 17.2. The fourth-order valence-corrected chi connectivity index (χ4v) is 2.39. The molecule has 1 heterocycles. The summed E-state index contributed by atoms with van der Waals surface area (Å²) in [6.07, 6.45) is 1.06. The first-order chi connectivity index (χ1) is 7.81. The first-order valence-electron chi connectivity index (χ1n) is 5.48. The Morgan fingerprint density at radius 3 is 2.88 bits per heavy atom. The van der Waals surface area contributed by atoms with Gasteiger partial charge in [-0.25, -0.2) is 0 Å². The van der Waals surface area contributed by atoms with Gasteiger partial charge in [0, 0.05) is 36.3 Å². The quantitative estimate of drug-likeness (QED) is 0.756. The Balaban J connectivity index is 2.16. The molecular formula is C12H15Cl2NO. The molecule has 0 bridgehead atoms. The SMILES string of the molecule is ClCc1ccc(N2CCCOCC2)cc1Cl. The number of ether oxygens (including phenoxy) is 1. The maximum atomic E-state index is 6.15. The number of hydrogen-bond donors (Lipinski definition) is 0. The number of alkyl halides is 1. The monoisotopic (exact) mass is 259 g/mol. The maximum absolute atomic E-state index is 6.15. The Kier molecular flexibility index (Phi) is 4.33. The Labute approximate surface area is 106 Å². The summed E-state index contributed by atoms with van der Waals surface area (Å²) in [6, 6.07) is 6.07. The fourth-order valence-electron chi connectivity index (χ4n) is 1.85. The molecule has 4 heteroatoms. The molecular weight excluding hydrogens is 245 g/mol. The summed E-state index contributed by atoms with van der Waals surface area (Å²) in [5.74, 6) is 0.461. The van der Waals surface area contributed by atoms with E-state index in [0.717, 1.165) is 49.0 Å². The van der Waals surface area contributed by atoms with Crippen molar-refractivity contribution in [2.75, 3.05) is 31.2 Å². The summed E-state index contributed by atoms with van der Waals surface area (Å²) in [4.78, 5) is 2.30. The topological polar surface area (TPSA) is 12.5 Å². The van der Waals surface area contributed by atoms with Crippen LogP contribution in [-0.2, 0) is 10.6 Å². The zero-order valence-electron chi connectivity index (χ0n) is 9.09. The van der Waals surface area contributed by atoms with E-state index in [0.29, 0.717) is 5.88 Å². The first kappa shape index (κ1) is 12.0. The highest BCUT2D eigenvalue weighted by Crippen LogP contribution is 2.25. The fraction of sp³-hybridized carbons (Fsp3) is 0.500. The summed E-state index contributed by atoms with van der Waals surface area (Å²) < 4.78 is 5.43. The van der Waals surface area contributed by atoms with Gasteiger partial charge in [-0.15, -0.1) is 11.6 Å². The van der Waals surface area contributed by atoms with Gasteiger partial charge in [-0.05, 0) is 24.1 Å². The van der Waals surface area contributed by atoms with Crippen molar-refractivity contribution in [3.63, 3.8) is 0 Å². The van der Waals surface area contributed by atoms with Crippen LogP contribution in [0.15, 0.2) is 18.2 Å². The Hall–Kier alpha value is -0.440. The van der Waals surface area contributed by atoms with Gasteiger partial charge in [-0.3, -0.25) is 0 Å². The van der Waals surface area contributed by atoms with Crippen molar-refractivity contribution in [3.8, 4) is 0 Å². The molecule has 0 atom stereocenters. The van der Waals surface area contributed by atoms with E-state index >= 15 is 0 Å². The summed E-state index contributed by atoms with van der Waals surface area (Å²) in [7, 11) is 0. The van der Waals surface area contributed by atoms with E-state index in [2.05, 4.69) is 11.0 Å². The standard InChI is InChI=1S/C12H15Cl2NO/c13-9-10-2-3-11(8-12(10)14)15-4-1-6-16-7-5-15/h2-3,8H,1,4-7,9H2. The Morgan fingerprint density at radius 2 is 2.12 bits per heavy atom. The van der Waals surface area contributed by atoms with E-state index in [4.69, 9.17) is 27.9 Å². The zero-order valence-corrected chi connectivity index (χ0v) is 10.6. The molecule has 2 nitrogen and oxygen atoms in total. The molecule has 1 aromatic carbocycles. The molecule has 1 aromatic rings. The van der Waals surface area contributed by atoms with E-state index in [9.17, 15) is 0 Å². The average molecular weight is 260 g/mol. The van der Waals surface area contributed by atoms with Crippen LogP contribution in [0.2, 0.25) is 5.02 Å². The van der Waals surface area contributed by atoms with Gasteiger partial charge < -0.3 is 9.64 Å². The van der Waals surface area contributed by atoms with Crippen molar-refractivity contribution >= 4 is 28.9 Å². The molecule has 1 fully saturated rings. The number of halogens is 2. The second-order valence-electron chi connectivity index (χ2n) is 3.86. The van der Waals surface area contributed by atoms with Crippen molar-refractivity contribution in [3.05, 3.63) is 28.8 Å². The van der Waals surface area contributed by atoms with E-state index < -0.39 is 0 Å². The van der Waals surface area contributed by atoms with Crippen LogP contribution in [0, 0.1) is 0 Å². The molecule has 2 rings (SSSR count). The smallest absolute Gasteiger partial charge is 0.0641 e. The minimum Gasteiger partial charge on any atom is -0.380 e. The average Bonchev–Trinajstić information content (AvgIpc) is 2.57. The summed E-state index contributed by atoms with van der Waals surface area (Å²) >= 11 is 11.9. The van der Waals surface area contributed by atoms with Crippen LogP contribution < -0.4 is 4.90 Å². The largest absolute Gasteiger partial charge is 0.380 e. The van der Waals surface area contributed by atoms with Crippen LogP contribution in [0.3, 0.4) is 0 Å². The molecule has 1 aliphatic heterocycles. The van der Waals surface area contributed by atoms with E-state index in [1.54, 1.807) is 0 Å². The predicted octanol–water partition coefficient (Wildman–Crippen LogP) is 3.31. The summed E-state index contributed by atoms with van der Waals surface area (Å²) in [5.41, 5.74) is 2.14. The molecule has 0 aliphatic carbocycles. The van der Waals surface area contributed by atoms with Crippen molar-refractivity contribution in [1.29, 1.82) is 0 Å². The number of benzene rings is 1. The van der Waals surface area contributed by atoms with Gasteiger partial charge in [-0.2, -0.15) is 0 Å². The molecule has 0 aromatic heterocycles. The zero-order chi connectivity index (χ0) is 11.4. The van der Waals surface area contributed by atoms with Gasteiger partial charge in [0.15, 0.2) is 0 Å². The maximum Gasteiger partial charge on any atom is 0.0641 e. The molecule has 1 aliphatic rings. The lowest BCUT2D eigenvalue weighted by Crippen LogP contribution is -2.25. The highest BCUT2D eigenvalue weighted by Gasteiger charge is 2.11. The van der Waals surface area contributed by atoms with Crippen LogP contribution in [0.5, 0.6) is 0 Å². The lowest BCUT2D eigenvalue weighted by Gasteiger charge is -2.22. The summed E-state index contributed by atoms with van der Waals surface area (Å²) in [6.45, 7) is 3.59. The third kappa shape index (κ3) is 2.82. The lowest BCUT2D eigenvalue weighted by molar-refractivity contribution is 0.152. The number of rotatable bonds is 2. The molecule has 0 amide bonds. The minimum absolute atomic E-state index is 0.461. The van der Waals surface area contributed by atoms with Crippen LogP contribution in [0.1, 0.15) is 12.0 Å². The van der Waals surface area contributed by atoms with Gasteiger partial charge in [-0.1, -0.05) is 17.7 Å². The molecule has 16 heavy (non-hydrogen) atoms. The number of hydrogen-bond acceptors (Lipinski definition) is 2. The second-order valence-corrected chi connectivity index (χ2v) is 4.54. The minimum atomic E-state index is 0.461. The number of nitrogens with zero attached hydrogens (tertiary/aromatic N) is 1. The van der Waals surface area contributed by atoms with E-state index in [1.807, 2.05) is 12.1 Å². The van der Waals surface area contributed by atoms with Crippen LogP contribution in [0.4, 0.5) is 5.69 Å². The third-order valence-electron chi connectivity index (χ3n) is 2.77. The van der Waals surface area contributed by atoms with Crippen LogP contribution >= 0.6 is 23.2 Å². The van der Waals surface area contributed by atoms with Gasteiger partial charge in [0.25, 0.3) is 0 Å². The molecule has 0 N–H and O–H groups in total. The van der Waals surface area contributed by atoms with Gasteiger partial charge in [0.05, 0.1) is 6.61 Å². The van der Waals surface area contributed by atoms with Crippen molar-refractivity contribution in [2.24, 2.45) is 0 Å². The highest BCUT2D eigenvalue weighted by atomic mass is 35.5. The molecule has 0 spiro atoms. The van der Waals surface area contributed by atoms with E-state index in [-0.39, 0.29) is 0 Å². The number of anilines is 1. The molecule has 0 radical (unpaired) electrons. The van der Waals surface area contributed by atoms with Crippen LogP contribution in [-0.4, -0.2) is 26.3 Å². The second kappa shape index (κ2) is 5.76. The van der Waals surface area contributed by atoms with Gasteiger partial charge in [0.1, 0.15) is 0 Å². The van der Waals surface area contributed by atoms with Crippen molar-refractivity contribution in [2.45, 2.75) is 12.3 Å². The van der Waals surface area contributed by atoms with Gasteiger partial charge in [0.2, 0.25) is 0 Å². The summed E-state index contributed by atoms with van der Waals surface area (Å²) in [5, 5.41) is 0.748. The van der Waals surface area contributed by atoms with E-state index in [1.165, 1.54) is 0 Å². The molecule has 0 saturated carbocycles. The van der Waals surface area contributed by atoms with Gasteiger partial charge >= 0.3 is 0 Å². The highest BCUT2D eigenvalue weighted by molar-refractivity contribution is 6.32. The van der Waals surface area contributed by atoms with Crippen molar-refractivity contribution < 1.29 is 4.74 Å². The van der Waals surface area contributed by atoms with Crippen LogP contribution in [0.25, 0.3) is 0 Å². The first-order valence-corrected chi connectivity index (χ1v) is 6.39. The Morgan fingerprint density at radius 1 is 1.25 bits per heavy atom. The lowest BCUT2D eigenvalue weighted by atomic mass is 10.2. The molecule has 88 valence electrons. The van der Waals surface area contributed by atoms with Crippen molar-refractivity contribution in [1.82, 2.24) is 0 Å². The molecule has 1 saturated heterocycles.